The molecule has 3 rings (SSSR count). The van der Waals surface area contributed by atoms with Crippen LogP contribution in [0, 0.1) is 5.92 Å². The predicted molar refractivity (Wildman–Crippen MR) is 75.2 cm³/mol. The molecule has 120 valence electrons. The molecule has 0 radical (unpaired) electrons. The van der Waals surface area contributed by atoms with Crippen molar-refractivity contribution in [1.29, 1.82) is 0 Å². The van der Waals surface area contributed by atoms with E-state index in [0.717, 1.165) is 25.7 Å². The lowest BCUT2D eigenvalue weighted by molar-refractivity contribution is -0.141. The van der Waals surface area contributed by atoms with Crippen LogP contribution in [-0.4, -0.2) is 46.2 Å². The molecule has 0 aromatic carbocycles. The van der Waals surface area contributed by atoms with E-state index in [4.69, 9.17) is 9.26 Å². The molecule has 0 spiro atoms. The first-order chi connectivity index (χ1) is 10.6. The maximum absolute atomic E-state index is 12.7. The number of carboxylic acids is 1. The number of nitrogens with zero attached hydrogens (tertiary/aromatic N) is 2. The zero-order valence-corrected chi connectivity index (χ0v) is 12.5. The van der Waals surface area contributed by atoms with Crippen molar-refractivity contribution in [3.8, 4) is 0 Å². The summed E-state index contributed by atoms with van der Waals surface area (Å²) in [7, 11) is 1.53. The molecule has 2 aliphatic rings. The first kappa shape index (κ1) is 15.0. The van der Waals surface area contributed by atoms with Crippen molar-refractivity contribution in [2.24, 2.45) is 5.92 Å². The summed E-state index contributed by atoms with van der Waals surface area (Å²) in [6.07, 6.45) is 4.53. The number of hydrogen-bond acceptors (Lipinski definition) is 5. The van der Waals surface area contributed by atoms with E-state index in [1.807, 2.05) is 0 Å². The maximum atomic E-state index is 12.7. The molecule has 7 nitrogen and oxygen atoms in total. The number of rotatable bonds is 4. The molecule has 1 N–H and O–H groups in total. The summed E-state index contributed by atoms with van der Waals surface area (Å²) in [6.45, 7) is 0.231. The van der Waals surface area contributed by atoms with Gasteiger partial charge in [-0.1, -0.05) is 18.0 Å². The van der Waals surface area contributed by atoms with Crippen LogP contribution in [0.25, 0.3) is 0 Å². The summed E-state index contributed by atoms with van der Waals surface area (Å²) < 4.78 is 9.99. The predicted octanol–water partition coefficient (Wildman–Crippen LogP) is 1.68. The molecule has 1 aliphatic carbocycles. The van der Waals surface area contributed by atoms with Gasteiger partial charge >= 0.3 is 5.97 Å². The molecule has 1 amide bonds. The van der Waals surface area contributed by atoms with Crippen molar-refractivity contribution >= 4 is 11.9 Å². The van der Waals surface area contributed by atoms with Crippen molar-refractivity contribution in [2.75, 3.05) is 7.11 Å². The van der Waals surface area contributed by atoms with E-state index in [1.165, 1.54) is 18.1 Å². The number of amides is 1. The average Bonchev–Trinajstić information content (AvgIpc) is 3.11. The molecule has 2 heterocycles. The number of likely N-dealkylation sites (tertiary alicyclic amines) is 1. The molecule has 1 aromatic heterocycles. The van der Waals surface area contributed by atoms with Gasteiger partial charge in [0.2, 0.25) is 0 Å². The number of carbonyl (C=O) groups excluding carboxylic acids is 1. The largest absolute Gasteiger partial charge is 0.480 e. The second kappa shape index (κ2) is 6.08. The Hall–Kier alpha value is -1.89. The van der Waals surface area contributed by atoms with Gasteiger partial charge in [0.25, 0.3) is 5.91 Å². The molecule has 22 heavy (non-hydrogen) atoms. The smallest absolute Gasteiger partial charge is 0.326 e. The Morgan fingerprint density at radius 3 is 2.95 bits per heavy atom. The van der Waals surface area contributed by atoms with E-state index in [9.17, 15) is 14.7 Å². The number of fused-ring (bicyclic) bond motifs is 1. The van der Waals surface area contributed by atoms with Crippen LogP contribution >= 0.6 is 0 Å². The number of aromatic nitrogens is 1. The molecule has 0 unspecified atom stereocenters. The van der Waals surface area contributed by atoms with Crippen molar-refractivity contribution in [3.63, 3.8) is 0 Å². The van der Waals surface area contributed by atoms with Gasteiger partial charge in [-0.25, -0.2) is 4.79 Å². The standard InChI is InChI=1S/C15H20N2O5/c1-21-8-10-7-11(16-22-10)14(18)17-12-5-3-2-4-9(12)6-13(17)15(19)20/h7,9,12-13H,2-6,8H2,1H3,(H,19,20)/t9-,12-,13+/m1/s1. The molecule has 1 aromatic rings. The average molecular weight is 308 g/mol. The summed E-state index contributed by atoms with van der Waals surface area (Å²) in [4.78, 5) is 25.8. The van der Waals surface area contributed by atoms with E-state index in [1.54, 1.807) is 0 Å². The third-order valence-electron chi connectivity index (χ3n) is 4.67. The van der Waals surface area contributed by atoms with Gasteiger partial charge in [0.15, 0.2) is 11.5 Å². The quantitative estimate of drug-likeness (QED) is 0.909. The fourth-order valence-electron chi connectivity index (χ4n) is 3.73. The topological polar surface area (TPSA) is 92.9 Å². The zero-order valence-electron chi connectivity index (χ0n) is 12.5. The highest BCUT2D eigenvalue weighted by atomic mass is 16.5. The van der Waals surface area contributed by atoms with E-state index in [2.05, 4.69) is 5.16 Å². The van der Waals surface area contributed by atoms with Crippen LogP contribution in [0.3, 0.4) is 0 Å². The van der Waals surface area contributed by atoms with Crippen molar-refractivity contribution in [1.82, 2.24) is 10.1 Å². The third-order valence-corrected chi connectivity index (χ3v) is 4.67. The van der Waals surface area contributed by atoms with Crippen LogP contribution in [0.4, 0.5) is 0 Å². The van der Waals surface area contributed by atoms with Gasteiger partial charge in [-0.15, -0.1) is 0 Å². The number of aliphatic carboxylic acids is 1. The van der Waals surface area contributed by atoms with Crippen LogP contribution in [0.5, 0.6) is 0 Å². The number of ether oxygens (including phenoxy) is 1. The number of carboxylic acid groups (broad SMARTS) is 1. The lowest BCUT2D eigenvalue weighted by atomic mass is 9.84. The summed E-state index contributed by atoms with van der Waals surface area (Å²) in [5.74, 6) is -0.558. The second-order valence-corrected chi connectivity index (χ2v) is 6.03. The Bertz CT molecular complexity index is 570. The number of hydrogen-bond donors (Lipinski definition) is 1. The Labute approximate surface area is 128 Å². The minimum Gasteiger partial charge on any atom is -0.480 e. The molecule has 2 fully saturated rings. The van der Waals surface area contributed by atoms with Crippen LogP contribution in [0.2, 0.25) is 0 Å². The molecular weight excluding hydrogens is 288 g/mol. The first-order valence-electron chi connectivity index (χ1n) is 7.61. The van der Waals surface area contributed by atoms with Crippen molar-refractivity contribution < 1.29 is 24.0 Å². The highest BCUT2D eigenvalue weighted by Crippen LogP contribution is 2.40. The molecule has 1 saturated carbocycles. The molecular formula is C15H20N2O5. The van der Waals surface area contributed by atoms with Gasteiger partial charge in [0, 0.05) is 19.2 Å². The van der Waals surface area contributed by atoms with Crippen LogP contribution in [0.1, 0.15) is 48.4 Å². The van der Waals surface area contributed by atoms with Crippen molar-refractivity contribution in [2.45, 2.75) is 50.8 Å². The van der Waals surface area contributed by atoms with Gasteiger partial charge < -0.3 is 19.3 Å². The Morgan fingerprint density at radius 1 is 1.45 bits per heavy atom. The van der Waals surface area contributed by atoms with Gasteiger partial charge in [-0.3, -0.25) is 4.79 Å². The van der Waals surface area contributed by atoms with Gasteiger partial charge in [-0.2, -0.15) is 0 Å². The summed E-state index contributed by atoms with van der Waals surface area (Å²) >= 11 is 0. The normalized spacial score (nSPS) is 27.7. The molecule has 3 atom stereocenters. The second-order valence-electron chi connectivity index (χ2n) is 6.03. The minimum absolute atomic E-state index is 0.00456. The highest BCUT2D eigenvalue weighted by Gasteiger charge is 2.48. The van der Waals surface area contributed by atoms with E-state index >= 15 is 0 Å². The Kier molecular flexibility index (Phi) is 4.15. The summed E-state index contributed by atoms with van der Waals surface area (Å²) in [6, 6.07) is 0.772. The minimum atomic E-state index is -0.941. The maximum Gasteiger partial charge on any atom is 0.326 e. The molecule has 0 bridgehead atoms. The SMILES string of the molecule is COCc1cc(C(=O)N2[C@@H]3CCCC[C@@H]3C[C@H]2C(=O)O)no1. The van der Waals surface area contributed by atoms with Crippen molar-refractivity contribution in [3.05, 3.63) is 17.5 Å². The van der Waals surface area contributed by atoms with Gasteiger partial charge in [0.05, 0.1) is 0 Å². The first-order valence-corrected chi connectivity index (χ1v) is 7.61. The van der Waals surface area contributed by atoms with E-state index < -0.39 is 12.0 Å². The Balaban J connectivity index is 1.85. The molecule has 1 aliphatic heterocycles. The van der Waals surface area contributed by atoms with Gasteiger partial charge in [-0.05, 0) is 25.2 Å². The van der Waals surface area contributed by atoms with E-state index in [-0.39, 0.29) is 30.2 Å². The highest BCUT2D eigenvalue weighted by molar-refractivity contribution is 5.95. The van der Waals surface area contributed by atoms with Crippen LogP contribution < -0.4 is 0 Å². The lowest BCUT2D eigenvalue weighted by Crippen LogP contribution is -2.46. The molecule has 1 saturated heterocycles. The third kappa shape index (κ3) is 2.61. The van der Waals surface area contributed by atoms with E-state index in [0.29, 0.717) is 12.2 Å². The number of methoxy groups -OCH3 is 1. The summed E-state index contributed by atoms with van der Waals surface area (Å²) in [5, 5.41) is 13.2. The monoisotopic (exact) mass is 308 g/mol. The molecule has 7 heteroatoms. The lowest BCUT2D eigenvalue weighted by Gasteiger charge is -2.32. The van der Waals surface area contributed by atoms with Gasteiger partial charge in [0.1, 0.15) is 12.6 Å². The number of carbonyl (C=O) groups is 2. The fraction of sp³-hybridized carbons (Fsp3) is 0.667. The zero-order chi connectivity index (χ0) is 15.7. The summed E-state index contributed by atoms with van der Waals surface area (Å²) in [5.41, 5.74) is 0.157. The Morgan fingerprint density at radius 2 is 2.23 bits per heavy atom. The fourth-order valence-corrected chi connectivity index (χ4v) is 3.73. The van der Waals surface area contributed by atoms with Crippen LogP contribution in [0.15, 0.2) is 10.6 Å². The van der Waals surface area contributed by atoms with Crippen LogP contribution in [-0.2, 0) is 16.1 Å².